The number of aryl methyl sites for hydroxylation is 2. The van der Waals surface area contributed by atoms with Crippen molar-refractivity contribution in [3.8, 4) is 5.69 Å². The molecule has 2 aromatic rings. The SMILES string of the molecule is Cc1ccc(C)c(-n2ccnc2SCC(=O)N2CCC(CCN3CCOCC3)CC2)c1. The summed E-state index contributed by atoms with van der Waals surface area (Å²) in [5.74, 6) is 1.41. The smallest absolute Gasteiger partial charge is 0.233 e. The third kappa shape index (κ3) is 5.90. The van der Waals surface area contributed by atoms with Gasteiger partial charge in [0.15, 0.2) is 5.16 Å². The number of amides is 1. The number of likely N-dealkylation sites (tertiary alicyclic amines) is 1. The van der Waals surface area contributed by atoms with Gasteiger partial charge in [-0.3, -0.25) is 14.3 Å². The van der Waals surface area contributed by atoms with Crippen LogP contribution in [0.15, 0.2) is 35.7 Å². The molecule has 2 saturated heterocycles. The molecule has 0 atom stereocenters. The van der Waals surface area contributed by atoms with Crippen LogP contribution < -0.4 is 0 Å². The molecule has 0 unspecified atom stereocenters. The lowest BCUT2D eigenvalue weighted by atomic mass is 9.93. The first kappa shape index (κ1) is 22.4. The second-order valence-corrected chi connectivity index (χ2v) is 9.67. The predicted molar refractivity (Wildman–Crippen MR) is 125 cm³/mol. The van der Waals surface area contributed by atoms with Crippen molar-refractivity contribution in [3.05, 3.63) is 41.7 Å². The van der Waals surface area contributed by atoms with Crippen molar-refractivity contribution < 1.29 is 9.53 Å². The summed E-state index contributed by atoms with van der Waals surface area (Å²) >= 11 is 1.54. The molecule has 3 heterocycles. The van der Waals surface area contributed by atoms with Crippen LogP contribution in [-0.4, -0.2) is 76.9 Å². The minimum Gasteiger partial charge on any atom is -0.379 e. The molecule has 0 N–H and O–H groups in total. The van der Waals surface area contributed by atoms with E-state index in [1.165, 1.54) is 35.9 Å². The summed E-state index contributed by atoms with van der Waals surface area (Å²) in [5, 5.41) is 0.877. The maximum Gasteiger partial charge on any atom is 0.233 e. The Hall–Kier alpha value is -1.83. The minimum absolute atomic E-state index is 0.229. The van der Waals surface area contributed by atoms with Crippen molar-refractivity contribution in [3.63, 3.8) is 0 Å². The Kier molecular flexibility index (Phi) is 7.69. The van der Waals surface area contributed by atoms with Gasteiger partial charge in [0.1, 0.15) is 0 Å². The Bertz CT molecular complexity index is 870. The van der Waals surface area contributed by atoms with Crippen LogP contribution in [0, 0.1) is 19.8 Å². The lowest BCUT2D eigenvalue weighted by Crippen LogP contribution is -2.41. The van der Waals surface area contributed by atoms with Gasteiger partial charge >= 0.3 is 0 Å². The molecular formula is C24H34N4O2S. The monoisotopic (exact) mass is 442 g/mol. The van der Waals surface area contributed by atoms with E-state index < -0.39 is 0 Å². The second kappa shape index (κ2) is 10.7. The van der Waals surface area contributed by atoms with E-state index in [4.69, 9.17) is 4.74 Å². The number of imidazole rings is 1. The van der Waals surface area contributed by atoms with Gasteiger partial charge in [0.25, 0.3) is 0 Å². The van der Waals surface area contributed by atoms with E-state index in [9.17, 15) is 4.79 Å². The van der Waals surface area contributed by atoms with Gasteiger partial charge in [-0.2, -0.15) is 0 Å². The Labute approximate surface area is 190 Å². The maximum absolute atomic E-state index is 12.8. The fourth-order valence-corrected chi connectivity index (χ4v) is 5.31. The van der Waals surface area contributed by atoms with E-state index in [1.54, 1.807) is 0 Å². The molecule has 1 aromatic carbocycles. The summed E-state index contributed by atoms with van der Waals surface area (Å²) in [6.45, 7) is 11.0. The lowest BCUT2D eigenvalue weighted by molar-refractivity contribution is -0.129. The Morgan fingerprint density at radius 2 is 1.94 bits per heavy atom. The first-order valence-electron chi connectivity index (χ1n) is 11.4. The molecule has 0 aliphatic carbocycles. The van der Waals surface area contributed by atoms with Crippen LogP contribution in [0.5, 0.6) is 0 Å². The van der Waals surface area contributed by atoms with Gasteiger partial charge in [0.2, 0.25) is 5.91 Å². The number of carbonyl (C=O) groups is 1. The van der Waals surface area contributed by atoms with E-state index in [2.05, 4.69) is 46.5 Å². The van der Waals surface area contributed by atoms with Crippen molar-refractivity contribution in [2.75, 3.05) is 51.7 Å². The quantitative estimate of drug-likeness (QED) is 0.614. The van der Waals surface area contributed by atoms with Crippen LogP contribution >= 0.6 is 11.8 Å². The van der Waals surface area contributed by atoms with Gasteiger partial charge in [-0.15, -0.1) is 0 Å². The first-order chi connectivity index (χ1) is 15.1. The second-order valence-electron chi connectivity index (χ2n) is 8.73. The summed E-state index contributed by atoms with van der Waals surface area (Å²) in [6.07, 6.45) is 7.28. The van der Waals surface area contributed by atoms with E-state index >= 15 is 0 Å². The number of morpholine rings is 1. The van der Waals surface area contributed by atoms with Crippen molar-refractivity contribution in [2.45, 2.75) is 38.3 Å². The number of nitrogens with zero attached hydrogens (tertiary/aromatic N) is 4. The molecule has 1 amide bonds. The fraction of sp³-hybridized carbons (Fsp3) is 0.583. The number of aromatic nitrogens is 2. The molecule has 2 fully saturated rings. The molecule has 0 radical (unpaired) electrons. The van der Waals surface area contributed by atoms with Crippen molar-refractivity contribution in [1.29, 1.82) is 0 Å². The zero-order valence-corrected chi connectivity index (χ0v) is 19.6. The Morgan fingerprint density at radius 1 is 1.16 bits per heavy atom. The molecule has 168 valence electrons. The molecule has 31 heavy (non-hydrogen) atoms. The molecule has 2 aliphatic heterocycles. The van der Waals surface area contributed by atoms with Gasteiger partial charge in [0.05, 0.1) is 24.7 Å². The largest absolute Gasteiger partial charge is 0.379 e. The normalized spacial score (nSPS) is 18.5. The van der Waals surface area contributed by atoms with Crippen LogP contribution in [0.25, 0.3) is 5.69 Å². The topological polar surface area (TPSA) is 50.6 Å². The van der Waals surface area contributed by atoms with Crippen LogP contribution in [0.1, 0.15) is 30.4 Å². The van der Waals surface area contributed by atoms with Crippen molar-refractivity contribution in [1.82, 2.24) is 19.4 Å². The number of carbonyl (C=O) groups excluding carboxylic acids is 1. The number of piperidine rings is 1. The third-order valence-electron chi connectivity index (χ3n) is 6.48. The number of rotatable bonds is 7. The van der Waals surface area contributed by atoms with Crippen LogP contribution in [0.4, 0.5) is 0 Å². The molecule has 0 spiro atoms. The molecule has 0 bridgehead atoms. The molecular weight excluding hydrogens is 408 g/mol. The summed E-state index contributed by atoms with van der Waals surface area (Å²) in [6, 6.07) is 6.43. The molecule has 7 heteroatoms. The Balaban J connectivity index is 1.24. The van der Waals surface area contributed by atoms with Crippen LogP contribution in [0.2, 0.25) is 0 Å². The molecule has 6 nitrogen and oxygen atoms in total. The standard InChI is InChI=1S/C24H34N4O2S/c1-19-3-4-20(2)22(17-19)28-12-8-25-24(28)31-18-23(29)27-10-6-21(7-11-27)5-9-26-13-15-30-16-14-26/h3-4,8,12,17,21H,5-7,9-11,13-16,18H2,1-2H3. The summed E-state index contributed by atoms with van der Waals surface area (Å²) in [4.78, 5) is 21.9. The van der Waals surface area contributed by atoms with E-state index in [0.717, 1.165) is 69.0 Å². The molecule has 1 aromatic heterocycles. The summed E-state index contributed by atoms with van der Waals surface area (Å²) in [5.41, 5.74) is 3.56. The maximum atomic E-state index is 12.8. The molecule has 0 saturated carbocycles. The summed E-state index contributed by atoms with van der Waals surface area (Å²) in [7, 11) is 0. The number of hydrogen-bond acceptors (Lipinski definition) is 5. The van der Waals surface area contributed by atoms with E-state index in [-0.39, 0.29) is 5.91 Å². The van der Waals surface area contributed by atoms with Crippen LogP contribution in [0.3, 0.4) is 0 Å². The average Bonchev–Trinajstić information content (AvgIpc) is 3.27. The van der Waals surface area contributed by atoms with Gasteiger partial charge < -0.3 is 9.64 Å². The highest BCUT2D eigenvalue weighted by atomic mass is 32.2. The number of hydrogen-bond donors (Lipinski definition) is 0. The minimum atomic E-state index is 0.229. The predicted octanol–water partition coefficient (Wildman–Crippen LogP) is 3.54. The first-order valence-corrected chi connectivity index (χ1v) is 12.4. The zero-order valence-electron chi connectivity index (χ0n) is 18.8. The number of ether oxygens (including phenoxy) is 1. The van der Waals surface area contributed by atoms with Crippen molar-refractivity contribution in [2.24, 2.45) is 5.92 Å². The van der Waals surface area contributed by atoms with Crippen LogP contribution in [-0.2, 0) is 9.53 Å². The lowest BCUT2D eigenvalue weighted by Gasteiger charge is -2.34. The highest BCUT2D eigenvalue weighted by molar-refractivity contribution is 7.99. The van der Waals surface area contributed by atoms with Gasteiger partial charge in [0, 0.05) is 38.6 Å². The third-order valence-corrected chi connectivity index (χ3v) is 7.43. The van der Waals surface area contributed by atoms with Gasteiger partial charge in [-0.1, -0.05) is 23.9 Å². The van der Waals surface area contributed by atoms with Gasteiger partial charge in [-0.05, 0) is 62.8 Å². The highest BCUT2D eigenvalue weighted by Crippen LogP contribution is 2.25. The number of benzene rings is 1. The molecule has 4 rings (SSSR count). The van der Waals surface area contributed by atoms with Crippen molar-refractivity contribution >= 4 is 17.7 Å². The zero-order chi connectivity index (χ0) is 21.6. The number of thioether (sulfide) groups is 1. The molecule has 2 aliphatic rings. The summed E-state index contributed by atoms with van der Waals surface area (Å²) < 4.78 is 7.53. The van der Waals surface area contributed by atoms with Gasteiger partial charge in [-0.25, -0.2) is 4.98 Å². The van der Waals surface area contributed by atoms with E-state index in [1.807, 2.05) is 17.3 Å². The van der Waals surface area contributed by atoms with E-state index in [0.29, 0.717) is 5.75 Å². The Morgan fingerprint density at radius 3 is 2.71 bits per heavy atom. The average molecular weight is 443 g/mol. The highest BCUT2D eigenvalue weighted by Gasteiger charge is 2.24. The fourth-order valence-electron chi connectivity index (χ4n) is 4.44.